The average Bonchev–Trinajstić information content (AvgIpc) is 2.90. The summed E-state index contributed by atoms with van der Waals surface area (Å²) in [4.78, 5) is 38.4. The number of H-pyrrole nitrogens is 1. The third-order valence-electron chi connectivity index (χ3n) is 4.92. The molecule has 2 aromatic rings. The van der Waals surface area contributed by atoms with Crippen molar-refractivity contribution in [1.29, 1.82) is 0 Å². The fourth-order valence-corrected chi connectivity index (χ4v) is 3.38. The molecular weight excluding hydrogens is 360 g/mol. The molecule has 7 heteroatoms. The van der Waals surface area contributed by atoms with Crippen molar-refractivity contribution in [3.63, 3.8) is 0 Å². The van der Waals surface area contributed by atoms with Gasteiger partial charge in [0.25, 0.3) is 11.5 Å². The lowest BCUT2D eigenvalue weighted by Crippen LogP contribution is -2.32. The first-order valence-electron chi connectivity index (χ1n) is 9.44. The highest BCUT2D eigenvalue weighted by Gasteiger charge is 2.18. The Hall–Kier alpha value is -3.09. The van der Waals surface area contributed by atoms with E-state index in [1.807, 2.05) is 6.92 Å². The van der Waals surface area contributed by atoms with Crippen molar-refractivity contribution in [3.05, 3.63) is 63.1 Å². The molecule has 0 fully saturated rings. The quantitative estimate of drug-likeness (QED) is 0.664. The first kappa shape index (κ1) is 19.7. The number of hydrogen-bond acceptors (Lipinski definition) is 4. The summed E-state index contributed by atoms with van der Waals surface area (Å²) < 4.78 is 5.10. The van der Waals surface area contributed by atoms with Crippen molar-refractivity contribution >= 4 is 11.9 Å². The van der Waals surface area contributed by atoms with E-state index in [0.29, 0.717) is 5.75 Å². The van der Waals surface area contributed by atoms with Crippen LogP contribution in [0.5, 0.6) is 5.75 Å². The highest BCUT2D eigenvalue weighted by atomic mass is 16.5. The van der Waals surface area contributed by atoms with Gasteiger partial charge in [0.05, 0.1) is 6.04 Å². The maximum Gasteiger partial charge on any atom is 0.341 e. The van der Waals surface area contributed by atoms with Crippen molar-refractivity contribution in [1.82, 2.24) is 10.3 Å². The van der Waals surface area contributed by atoms with Crippen LogP contribution in [0.4, 0.5) is 0 Å². The lowest BCUT2D eigenvalue weighted by atomic mass is 10.0. The van der Waals surface area contributed by atoms with Crippen LogP contribution in [0.3, 0.4) is 0 Å². The smallest absolute Gasteiger partial charge is 0.341 e. The average molecular weight is 384 g/mol. The fourth-order valence-electron chi connectivity index (χ4n) is 3.38. The molecule has 7 nitrogen and oxygen atoms in total. The van der Waals surface area contributed by atoms with Gasteiger partial charge in [0, 0.05) is 5.69 Å². The van der Waals surface area contributed by atoms with Crippen LogP contribution in [0.2, 0.25) is 0 Å². The summed E-state index contributed by atoms with van der Waals surface area (Å²) in [6.07, 6.45) is 4.96. The Morgan fingerprint density at radius 1 is 1.18 bits per heavy atom. The van der Waals surface area contributed by atoms with Gasteiger partial charge in [-0.2, -0.15) is 0 Å². The number of aryl methyl sites for hydroxylation is 2. The molecule has 0 bridgehead atoms. The lowest BCUT2D eigenvalue weighted by molar-refractivity contribution is -0.139. The molecule has 3 rings (SSSR count). The number of fused-ring (bicyclic) bond motifs is 1. The van der Waals surface area contributed by atoms with Gasteiger partial charge in [-0.15, -0.1) is 0 Å². The van der Waals surface area contributed by atoms with E-state index >= 15 is 0 Å². The normalized spacial score (nSPS) is 14.5. The number of aliphatic carboxylic acids is 1. The summed E-state index contributed by atoms with van der Waals surface area (Å²) in [5.74, 6) is -1.02. The Kier molecular flexibility index (Phi) is 6.13. The van der Waals surface area contributed by atoms with Gasteiger partial charge in [-0.1, -0.05) is 18.6 Å². The first-order valence-corrected chi connectivity index (χ1v) is 9.44. The zero-order valence-corrected chi connectivity index (χ0v) is 15.8. The zero-order valence-electron chi connectivity index (χ0n) is 15.8. The van der Waals surface area contributed by atoms with E-state index in [0.717, 1.165) is 48.9 Å². The second-order valence-electron chi connectivity index (χ2n) is 7.02. The number of aromatic amines is 1. The molecule has 0 aliphatic heterocycles. The number of carbonyl (C=O) groups excluding carboxylic acids is 1. The van der Waals surface area contributed by atoms with E-state index in [-0.39, 0.29) is 17.2 Å². The molecule has 1 aliphatic rings. The Morgan fingerprint density at radius 2 is 1.89 bits per heavy atom. The van der Waals surface area contributed by atoms with Crippen LogP contribution in [-0.4, -0.2) is 28.6 Å². The minimum absolute atomic E-state index is 0.133. The first-order chi connectivity index (χ1) is 13.4. The highest BCUT2D eigenvalue weighted by molar-refractivity contribution is 5.94. The number of amides is 1. The summed E-state index contributed by atoms with van der Waals surface area (Å²) in [6.45, 7) is 1.41. The Labute approximate surface area is 162 Å². The topological polar surface area (TPSA) is 108 Å². The number of carboxylic acid groups (broad SMARTS) is 1. The number of benzene rings is 1. The van der Waals surface area contributed by atoms with Crippen LogP contribution in [0.15, 0.2) is 35.1 Å². The zero-order chi connectivity index (χ0) is 20.1. The molecule has 1 aromatic heterocycles. The summed E-state index contributed by atoms with van der Waals surface area (Å²) in [5.41, 5.74) is 2.60. The molecule has 1 atom stereocenters. The number of carbonyl (C=O) groups is 2. The van der Waals surface area contributed by atoms with Crippen LogP contribution in [0.1, 0.15) is 59.4 Å². The number of carboxylic acids is 1. The molecule has 1 unspecified atom stereocenters. The molecule has 1 heterocycles. The molecular formula is C21H24N2O5. The Morgan fingerprint density at radius 3 is 2.61 bits per heavy atom. The van der Waals surface area contributed by atoms with Crippen LogP contribution >= 0.6 is 0 Å². The summed E-state index contributed by atoms with van der Waals surface area (Å²) in [7, 11) is 0. The van der Waals surface area contributed by atoms with Crippen molar-refractivity contribution in [2.45, 2.75) is 45.1 Å². The van der Waals surface area contributed by atoms with Gasteiger partial charge in [0.2, 0.25) is 0 Å². The summed E-state index contributed by atoms with van der Waals surface area (Å²) in [5, 5.41) is 11.5. The number of hydrogen-bond donors (Lipinski definition) is 3. The van der Waals surface area contributed by atoms with E-state index in [1.165, 1.54) is 0 Å². The Bertz CT molecular complexity index is 917. The highest BCUT2D eigenvalue weighted by Crippen LogP contribution is 2.20. The molecule has 148 valence electrons. The summed E-state index contributed by atoms with van der Waals surface area (Å²) >= 11 is 0. The van der Waals surface area contributed by atoms with Crippen LogP contribution in [0, 0.1) is 0 Å². The largest absolute Gasteiger partial charge is 0.482 e. The van der Waals surface area contributed by atoms with E-state index in [1.54, 1.807) is 30.3 Å². The third kappa shape index (κ3) is 4.79. The molecule has 1 amide bonds. The molecule has 0 spiro atoms. The number of ether oxygens (including phenoxy) is 1. The second kappa shape index (κ2) is 8.73. The molecule has 28 heavy (non-hydrogen) atoms. The number of aromatic nitrogens is 1. The van der Waals surface area contributed by atoms with Crippen LogP contribution < -0.4 is 15.6 Å². The minimum Gasteiger partial charge on any atom is -0.482 e. The standard InChI is InChI=1S/C21H24N2O5/c1-13(14-7-9-16(10-8-14)28-12-19(24)25)22-20(26)17-11-15-5-3-2-4-6-18(15)23-21(17)27/h7-11,13H,2-6,12H2,1H3,(H,22,26)(H,23,27)(H,24,25). The molecule has 0 radical (unpaired) electrons. The van der Waals surface area contributed by atoms with Crippen molar-refractivity contribution < 1.29 is 19.4 Å². The van der Waals surface area contributed by atoms with E-state index in [4.69, 9.17) is 9.84 Å². The van der Waals surface area contributed by atoms with Gasteiger partial charge in [-0.25, -0.2) is 4.79 Å². The number of pyridine rings is 1. The summed E-state index contributed by atoms with van der Waals surface area (Å²) in [6, 6.07) is 8.21. The van der Waals surface area contributed by atoms with Crippen molar-refractivity contribution in [3.8, 4) is 5.75 Å². The molecule has 0 saturated heterocycles. The predicted octanol–water partition coefficient (Wildman–Crippen LogP) is 2.60. The van der Waals surface area contributed by atoms with Crippen molar-refractivity contribution in [2.24, 2.45) is 0 Å². The van der Waals surface area contributed by atoms with Gasteiger partial charge in [-0.3, -0.25) is 9.59 Å². The van der Waals surface area contributed by atoms with Crippen LogP contribution in [0.25, 0.3) is 0 Å². The lowest BCUT2D eigenvalue weighted by Gasteiger charge is -2.15. The van der Waals surface area contributed by atoms with Gasteiger partial charge in [0.15, 0.2) is 6.61 Å². The monoisotopic (exact) mass is 384 g/mol. The molecule has 0 saturated carbocycles. The van der Waals surface area contributed by atoms with Gasteiger partial charge >= 0.3 is 5.97 Å². The third-order valence-corrected chi connectivity index (χ3v) is 4.92. The number of rotatable bonds is 6. The van der Waals surface area contributed by atoms with Crippen molar-refractivity contribution in [2.75, 3.05) is 6.61 Å². The maximum atomic E-state index is 12.6. The predicted molar refractivity (Wildman–Crippen MR) is 104 cm³/mol. The Balaban J connectivity index is 1.69. The second-order valence-corrected chi connectivity index (χ2v) is 7.02. The minimum atomic E-state index is -1.05. The van der Waals surface area contributed by atoms with Crippen LogP contribution in [-0.2, 0) is 17.6 Å². The van der Waals surface area contributed by atoms with E-state index in [2.05, 4.69) is 10.3 Å². The van der Waals surface area contributed by atoms with Gasteiger partial charge in [-0.05, 0) is 61.9 Å². The van der Waals surface area contributed by atoms with Gasteiger partial charge < -0.3 is 20.1 Å². The molecule has 1 aromatic carbocycles. The maximum absolute atomic E-state index is 12.6. The van der Waals surface area contributed by atoms with E-state index in [9.17, 15) is 14.4 Å². The van der Waals surface area contributed by atoms with Gasteiger partial charge in [0.1, 0.15) is 11.3 Å². The fraction of sp³-hybridized carbons (Fsp3) is 0.381. The molecule has 3 N–H and O–H groups in total. The number of nitrogens with one attached hydrogen (secondary N) is 2. The van der Waals surface area contributed by atoms with E-state index < -0.39 is 18.5 Å². The molecule has 1 aliphatic carbocycles. The SMILES string of the molecule is CC(NC(=O)c1cc2c([nH]c1=O)CCCCC2)c1ccc(OCC(=O)O)cc1.